The second-order valence-electron chi connectivity index (χ2n) is 18.8. The molecule has 4 heteroatoms. The molecule has 2 atom stereocenters. The minimum absolute atomic E-state index is 0.0729. The van der Waals surface area contributed by atoms with Crippen LogP contribution < -0.4 is 13.6 Å². The predicted molar refractivity (Wildman–Crippen MR) is 263 cm³/mol. The summed E-state index contributed by atoms with van der Waals surface area (Å²) in [4.78, 5) is 0. The van der Waals surface area contributed by atoms with Crippen LogP contribution >= 0.6 is 17.0 Å². The van der Waals surface area contributed by atoms with Gasteiger partial charge in [0.05, 0.1) is 0 Å². The first-order chi connectivity index (χ1) is 29.0. The number of benzene rings is 6. The molecule has 6 aromatic carbocycles. The van der Waals surface area contributed by atoms with Crippen molar-refractivity contribution in [2.45, 2.75) is 87.3 Å². The molecule has 6 aromatic rings. The fourth-order valence-electron chi connectivity index (χ4n) is 11.6. The van der Waals surface area contributed by atoms with Gasteiger partial charge in [-0.25, -0.2) is 0 Å². The maximum atomic E-state index is 9.44. The van der Waals surface area contributed by atoms with Crippen LogP contribution in [0.3, 0.4) is 0 Å². The quantitative estimate of drug-likeness (QED) is 0.101. The minimum atomic E-state index is -5.64. The van der Waals surface area contributed by atoms with Crippen molar-refractivity contribution in [2.24, 2.45) is 11.8 Å². The zero-order valence-corrected chi connectivity index (χ0v) is 41.7. The van der Waals surface area contributed by atoms with Gasteiger partial charge in [0.15, 0.2) is 0 Å². The molecule has 0 saturated heterocycles. The number of halogens is 2. The molecule has 0 N–H and O–H groups in total. The average molecular weight is 922 g/mol. The Morgan fingerprint density at radius 3 is 1.48 bits per heavy atom. The maximum absolute atomic E-state index is 9.44. The fraction of sp³-hybridized carbons (Fsp3) is 0.286. The van der Waals surface area contributed by atoms with Crippen LogP contribution in [0, 0.1) is 11.8 Å². The van der Waals surface area contributed by atoms with Crippen LogP contribution in [-0.4, -0.2) is 9.52 Å². The molecule has 0 nitrogen and oxygen atoms in total. The molecule has 0 aromatic heterocycles. The van der Waals surface area contributed by atoms with Gasteiger partial charge in [0.2, 0.25) is 0 Å². The van der Waals surface area contributed by atoms with Crippen LogP contribution in [0.5, 0.6) is 0 Å². The fourth-order valence-corrected chi connectivity index (χ4v) is 39.5. The Morgan fingerprint density at radius 1 is 0.533 bits per heavy atom. The van der Waals surface area contributed by atoms with E-state index in [9.17, 15) is 17.0 Å². The van der Waals surface area contributed by atoms with Gasteiger partial charge in [-0.15, -0.1) is 0 Å². The first kappa shape index (κ1) is 41.8. The first-order valence-electron chi connectivity index (χ1n) is 22.6. The van der Waals surface area contributed by atoms with Crippen molar-refractivity contribution in [1.29, 1.82) is 0 Å². The van der Waals surface area contributed by atoms with Gasteiger partial charge in [-0.1, -0.05) is 0 Å². The summed E-state index contributed by atoms with van der Waals surface area (Å²) < 4.78 is 1.17. The SMILES string of the molecule is CCCC1=Cc2c(ccc(CC(C)C)c2-c2ccccc2)[CH]1[Zr]([Cl])([Cl])([c]1cccc2c1[SiH2]c1ccccc1-2)[CH]1C(CCC)=Cc2c1ccc(CC(C)C)c2-c1ccccc1. The van der Waals surface area contributed by atoms with Crippen molar-refractivity contribution in [3.8, 4) is 33.4 Å². The Hall–Kier alpha value is -3.52. The van der Waals surface area contributed by atoms with Gasteiger partial charge in [0, 0.05) is 0 Å². The summed E-state index contributed by atoms with van der Waals surface area (Å²) in [7, 11) is 18.0. The van der Waals surface area contributed by atoms with E-state index in [1.807, 2.05) is 0 Å². The van der Waals surface area contributed by atoms with Gasteiger partial charge in [0.1, 0.15) is 0 Å². The van der Waals surface area contributed by atoms with Crippen molar-refractivity contribution >= 4 is 52.3 Å². The Labute approximate surface area is 370 Å². The molecule has 305 valence electrons. The summed E-state index contributed by atoms with van der Waals surface area (Å²) in [6.45, 7) is 14.0. The molecule has 0 fully saturated rings. The Morgan fingerprint density at radius 2 is 1.00 bits per heavy atom. The van der Waals surface area contributed by atoms with Crippen molar-refractivity contribution in [2.75, 3.05) is 0 Å². The summed E-state index contributed by atoms with van der Waals surface area (Å²) in [6, 6.07) is 48.2. The zero-order valence-electron chi connectivity index (χ0n) is 36.3. The Balaban J connectivity index is 1.39. The average Bonchev–Trinajstić information content (AvgIpc) is 3.93. The molecule has 9 rings (SSSR count). The summed E-state index contributed by atoms with van der Waals surface area (Å²) in [5.41, 5.74) is 19.1. The molecule has 0 amide bonds. The van der Waals surface area contributed by atoms with Crippen LogP contribution in [0.2, 0.25) is 0 Å². The molecule has 2 unspecified atom stereocenters. The molecule has 2 aliphatic carbocycles. The van der Waals surface area contributed by atoms with E-state index < -0.39 is 25.9 Å². The molecule has 0 radical (unpaired) electrons. The monoisotopic (exact) mass is 919 g/mol. The van der Waals surface area contributed by atoms with E-state index in [0.29, 0.717) is 11.8 Å². The van der Waals surface area contributed by atoms with Crippen molar-refractivity contribution in [3.05, 3.63) is 172 Å². The molecule has 1 aliphatic heterocycles. The Kier molecular flexibility index (Phi) is 11.6. The normalized spacial score (nSPS) is 17.6. The van der Waals surface area contributed by atoms with Gasteiger partial charge >= 0.3 is 373 Å². The van der Waals surface area contributed by atoms with Gasteiger partial charge in [-0.2, -0.15) is 0 Å². The summed E-state index contributed by atoms with van der Waals surface area (Å²) in [5.74, 6) is 1.06. The van der Waals surface area contributed by atoms with Crippen LogP contribution in [0.15, 0.2) is 139 Å². The third kappa shape index (κ3) is 6.97. The molecular weight excluding hydrogens is 863 g/mol. The first-order valence-corrected chi connectivity index (χ1v) is 34.5. The van der Waals surface area contributed by atoms with Crippen LogP contribution in [0.4, 0.5) is 0 Å². The summed E-state index contributed by atoms with van der Waals surface area (Å²) in [6.07, 6.45) is 11.2. The third-order valence-corrected chi connectivity index (χ3v) is 36.4. The topological polar surface area (TPSA) is 0 Å². The second kappa shape index (κ2) is 16.6. The van der Waals surface area contributed by atoms with Crippen LogP contribution in [0.25, 0.3) is 45.5 Å². The van der Waals surface area contributed by atoms with Crippen molar-refractivity contribution in [1.82, 2.24) is 0 Å². The van der Waals surface area contributed by atoms with E-state index in [2.05, 4.69) is 181 Å². The Bertz CT molecular complexity index is 2520. The van der Waals surface area contributed by atoms with Crippen LogP contribution in [-0.2, 0) is 29.2 Å². The van der Waals surface area contributed by atoms with Crippen molar-refractivity contribution < 1.29 is 16.4 Å². The van der Waals surface area contributed by atoms with E-state index in [1.54, 1.807) is 0 Å². The molecule has 0 spiro atoms. The molecule has 3 aliphatic rings. The predicted octanol–water partition coefficient (Wildman–Crippen LogP) is 14.0. The molecule has 0 bridgehead atoms. The second-order valence-corrected chi connectivity index (χ2v) is 41.2. The molecular formula is C56H59Cl2SiZr. The van der Waals surface area contributed by atoms with Gasteiger partial charge in [-0.05, 0) is 0 Å². The summed E-state index contributed by atoms with van der Waals surface area (Å²) in [5, 5.41) is 2.99. The van der Waals surface area contributed by atoms with Crippen molar-refractivity contribution in [3.63, 3.8) is 0 Å². The van der Waals surface area contributed by atoms with Gasteiger partial charge < -0.3 is 0 Å². The number of fused-ring (bicyclic) bond motifs is 5. The number of hydrogen-bond donors (Lipinski definition) is 0. The third-order valence-electron chi connectivity index (χ3n) is 13.6. The van der Waals surface area contributed by atoms with E-state index in [1.165, 1.54) is 91.6 Å². The number of hydrogen-bond acceptors (Lipinski definition) is 0. The van der Waals surface area contributed by atoms with Gasteiger partial charge in [0.25, 0.3) is 0 Å². The molecule has 0 saturated carbocycles. The van der Waals surface area contributed by atoms with Gasteiger partial charge in [-0.3, -0.25) is 0 Å². The zero-order chi connectivity index (χ0) is 41.8. The molecule has 1 heterocycles. The summed E-state index contributed by atoms with van der Waals surface area (Å²) >= 11 is -5.64. The van der Waals surface area contributed by atoms with E-state index in [-0.39, 0.29) is 7.25 Å². The number of rotatable bonds is 13. The standard InChI is InChI=1S/2C22H25.C12H9Si.2ClH.Zr/c2*1-4-8-17-14-19-11-12-20(13-16(2)3)22(21(19)15-17)18-9-6-5-7-10-18;1-3-7-11-9(5-1)10-6-2-4-8-12(10)13-11;;;/h2*5-7,9-12,14-16H,4,8,13H2,1-3H3;1-7H,13H2;2*1H;/q;;;;;+2/p-2. The van der Waals surface area contributed by atoms with E-state index in [0.717, 1.165) is 38.5 Å². The van der Waals surface area contributed by atoms with E-state index in [4.69, 9.17) is 0 Å². The molecule has 60 heavy (non-hydrogen) atoms. The number of allylic oxidation sites excluding steroid dienone is 2. The van der Waals surface area contributed by atoms with E-state index >= 15 is 0 Å². The van der Waals surface area contributed by atoms with Crippen LogP contribution in [0.1, 0.15) is 108 Å².